The predicted molar refractivity (Wildman–Crippen MR) is 60.9 cm³/mol. The molecule has 2 aromatic heterocycles. The van der Waals surface area contributed by atoms with E-state index in [0.29, 0.717) is 5.56 Å². The van der Waals surface area contributed by atoms with Gasteiger partial charge in [0.15, 0.2) is 5.78 Å². The Morgan fingerprint density at radius 3 is 3.07 bits per heavy atom. The molecule has 4 heteroatoms. The van der Waals surface area contributed by atoms with E-state index in [1.807, 2.05) is 22.9 Å². The van der Waals surface area contributed by atoms with Crippen molar-refractivity contribution < 1.29 is 4.79 Å². The van der Waals surface area contributed by atoms with Gasteiger partial charge in [-0.15, -0.1) is 0 Å². The van der Waals surface area contributed by atoms with Gasteiger partial charge < -0.3 is 0 Å². The number of ketones is 1. The summed E-state index contributed by atoms with van der Waals surface area (Å²) in [6.07, 6.45) is 6.66. The Kier molecular flexibility index (Phi) is 2.78. The molecule has 0 amide bonds. The van der Waals surface area contributed by atoms with Crippen LogP contribution in [0.2, 0.25) is 0 Å². The largest absolute Gasteiger partial charge is 0.289 e. The molecule has 0 aromatic carbocycles. The molecule has 15 heavy (non-hydrogen) atoms. The van der Waals surface area contributed by atoms with Gasteiger partial charge in [-0.2, -0.15) is 16.4 Å². The normalized spacial score (nSPS) is 11.0. The second-order valence-electron chi connectivity index (χ2n) is 3.16. The monoisotopic (exact) mass is 218 g/mol. The number of nitrogens with zero attached hydrogens (tertiary/aromatic N) is 2. The fourth-order valence-electron chi connectivity index (χ4n) is 1.19. The van der Waals surface area contributed by atoms with Gasteiger partial charge in [0.2, 0.25) is 0 Å². The van der Waals surface area contributed by atoms with Gasteiger partial charge in [-0.25, -0.2) is 0 Å². The van der Waals surface area contributed by atoms with E-state index >= 15 is 0 Å². The molecule has 0 aliphatic heterocycles. The summed E-state index contributed by atoms with van der Waals surface area (Å²) >= 11 is 1.61. The van der Waals surface area contributed by atoms with Crippen molar-refractivity contribution in [2.45, 2.75) is 0 Å². The third-order valence-electron chi connectivity index (χ3n) is 1.96. The number of carbonyl (C=O) groups excluding carboxylic acids is 1. The molecule has 0 aliphatic carbocycles. The molecule has 3 nitrogen and oxygen atoms in total. The first kappa shape index (κ1) is 9.86. The van der Waals surface area contributed by atoms with Crippen molar-refractivity contribution in [1.82, 2.24) is 9.78 Å². The van der Waals surface area contributed by atoms with E-state index in [4.69, 9.17) is 0 Å². The van der Waals surface area contributed by atoms with Crippen LogP contribution in [-0.2, 0) is 7.05 Å². The lowest BCUT2D eigenvalue weighted by Crippen LogP contribution is -1.91. The summed E-state index contributed by atoms with van der Waals surface area (Å²) in [5.41, 5.74) is 1.67. The van der Waals surface area contributed by atoms with Gasteiger partial charge in [0.05, 0.1) is 11.8 Å². The van der Waals surface area contributed by atoms with Crippen LogP contribution in [-0.4, -0.2) is 15.6 Å². The Bertz CT molecular complexity index is 482. The summed E-state index contributed by atoms with van der Waals surface area (Å²) in [7, 11) is 1.79. The number of allylic oxidation sites excluding steroid dienone is 1. The predicted octanol–water partition coefficient (Wildman–Crippen LogP) is 2.38. The lowest BCUT2D eigenvalue weighted by atomic mass is 10.2. The molecule has 2 aromatic rings. The summed E-state index contributed by atoms with van der Waals surface area (Å²) in [4.78, 5) is 11.6. The number of rotatable bonds is 3. The van der Waals surface area contributed by atoms with E-state index in [9.17, 15) is 4.79 Å². The number of thiophene rings is 1. The van der Waals surface area contributed by atoms with E-state index in [1.54, 1.807) is 41.5 Å². The number of carbonyl (C=O) groups is 1. The van der Waals surface area contributed by atoms with E-state index in [2.05, 4.69) is 5.10 Å². The van der Waals surface area contributed by atoms with Crippen molar-refractivity contribution in [2.75, 3.05) is 0 Å². The van der Waals surface area contributed by atoms with Crippen LogP contribution >= 0.6 is 11.3 Å². The Hall–Kier alpha value is -1.68. The van der Waals surface area contributed by atoms with Gasteiger partial charge in [-0.05, 0) is 28.5 Å². The molecule has 2 heterocycles. The Balaban J connectivity index is 2.10. The standard InChI is InChI=1S/C11H10N2OS/c1-13-7-10(6-12-13)11(14)3-2-9-4-5-15-8-9/h2-8H,1H3/b3-2-. The maximum Gasteiger partial charge on any atom is 0.189 e. The molecule has 0 atom stereocenters. The zero-order valence-electron chi connectivity index (χ0n) is 8.25. The van der Waals surface area contributed by atoms with Gasteiger partial charge in [-0.1, -0.05) is 6.08 Å². The Labute approximate surface area is 91.7 Å². The first-order chi connectivity index (χ1) is 7.25. The minimum atomic E-state index is -0.0192. The van der Waals surface area contributed by atoms with Crippen LogP contribution in [0.5, 0.6) is 0 Å². The molecule has 0 aliphatic rings. The summed E-state index contributed by atoms with van der Waals surface area (Å²) in [5.74, 6) is -0.0192. The molecular formula is C11H10N2OS. The minimum Gasteiger partial charge on any atom is -0.289 e. The van der Waals surface area contributed by atoms with Crippen molar-refractivity contribution in [2.24, 2.45) is 7.05 Å². The van der Waals surface area contributed by atoms with Crippen LogP contribution in [0.15, 0.2) is 35.3 Å². The van der Waals surface area contributed by atoms with Crippen molar-refractivity contribution >= 4 is 23.2 Å². The summed E-state index contributed by atoms with van der Waals surface area (Å²) < 4.78 is 1.62. The van der Waals surface area contributed by atoms with Crippen molar-refractivity contribution in [3.05, 3.63) is 46.4 Å². The fourth-order valence-corrected chi connectivity index (χ4v) is 1.81. The lowest BCUT2D eigenvalue weighted by Gasteiger charge is -1.87. The Morgan fingerprint density at radius 1 is 1.60 bits per heavy atom. The van der Waals surface area contributed by atoms with E-state index in [1.165, 1.54) is 0 Å². The Morgan fingerprint density at radius 2 is 2.47 bits per heavy atom. The third kappa shape index (κ3) is 2.41. The van der Waals surface area contributed by atoms with Gasteiger partial charge in [-0.3, -0.25) is 9.48 Å². The van der Waals surface area contributed by atoms with Crippen molar-refractivity contribution in [3.63, 3.8) is 0 Å². The number of aryl methyl sites for hydroxylation is 1. The molecule has 0 unspecified atom stereocenters. The molecule has 0 fully saturated rings. The molecular weight excluding hydrogens is 208 g/mol. The van der Waals surface area contributed by atoms with Crippen LogP contribution < -0.4 is 0 Å². The average molecular weight is 218 g/mol. The topological polar surface area (TPSA) is 34.9 Å². The first-order valence-electron chi connectivity index (χ1n) is 4.49. The molecule has 0 N–H and O–H groups in total. The van der Waals surface area contributed by atoms with Crippen LogP contribution in [0.4, 0.5) is 0 Å². The number of hydrogen-bond acceptors (Lipinski definition) is 3. The maximum absolute atomic E-state index is 11.6. The van der Waals surface area contributed by atoms with Crippen LogP contribution in [0, 0.1) is 0 Å². The molecule has 0 bridgehead atoms. The summed E-state index contributed by atoms with van der Waals surface area (Å²) in [6.45, 7) is 0. The quantitative estimate of drug-likeness (QED) is 0.585. The van der Waals surface area contributed by atoms with Gasteiger partial charge in [0.1, 0.15) is 0 Å². The van der Waals surface area contributed by atoms with Gasteiger partial charge in [0.25, 0.3) is 0 Å². The molecule has 0 spiro atoms. The summed E-state index contributed by atoms with van der Waals surface area (Å²) in [5, 5.41) is 7.92. The SMILES string of the molecule is Cn1cc(C(=O)/C=C\c2ccsc2)cn1. The van der Waals surface area contributed by atoms with Crippen LogP contribution in [0.1, 0.15) is 15.9 Å². The van der Waals surface area contributed by atoms with Crippen molar-refractivity contribution in [3.8, 4) is 0 Å². The molecule has 0 saturated heterocycles. The maximum atomic E-state index is 11.6. The van der Waals surface area contributed by atoms with Gasteiger partial charge >= 0.3 is 0 Å². The second kappa shape index (κ2) is 4.23. The average Bonchev–Trinajstić information content (AvgIpc) is 2.84. The zero-order valence-corrected chi connectivity index (χ0v) is 9.07. The smallest absolute Gasteiger partial charge is 0.189 e. The van der Waals surface area contributed by atoms with E-state index in [0.717, 1.165) is 5.56 Å². The molecule has 76 valence electrons. The first-order valence-corrected chi connectivity index (χ1v) is 5.43. The van der Waals surface area contributed by atoms with Crippen LogP contribution in [0.3, 0.4) is 0 Å². The molecule has 0 saturated carbocycles. The highest BCUT2D eigenvalue weighted by Gasteiger charge is 2.03. The zero-order chi connectivity index (χ0) is 10.7. The molecule has 2 rings (SSSR count). The minimum absolute atomic E-state index is 0.0192. The van der Waals surface area contributed by atoms with Crippen molar-refractivity contribution in [1.29, 1.82) is 0 Å². The highest BCUT2D eigenvalue weighted by atomic mass is 32.1. The lowest BCUT2D eigenvalue weighted by molar-refractivity contribution is 0.104. The summed E-state index contributed by atoms with van der Waals surface area (Å²) in [6, 6.07) is 1.97. The highest BCUT2D eigenvalue weighted by Crippen LogP contribution is 2.08. The second-order valence-corrected chi connectivity index (χ2v) is 3.94. The molecule has 0 radical (unpaired) electrons. The van der Waals surface area contributed by atoms with Gasteiger partial charge in [0, 0.05) is 13.2 Å². The number of aromatic nitrogens is 2. The van der Waals surface area contributed by atoms with E-state index in [-0.39, 0.29) is 5.78 Å². The van der Waals surface area contributed by atoms with Crippen LogP contribution in [0.25, 0.3) is 6.08 Å². The third-order valence-corrected chi connectivity index (χ3v) is 2.66. The fraction of sp³-hybridized carbons (Fsp3) is 0.0909. The highest BCUT2D eigenvalue weighted by molar-refractivity contribution is 7.08. The van der Waals surface area contributed by atoms with E-state index < -0.39 is 0 Å². The number of hydrogen-bond donors (Lipinski definition) is 0.